The molecule has 3 rings (SSSR count). The third-order valence-electron chi connectivity index (χ3n) is 5.16. The quantitative estimate of drug-likeness (QED) is 0.484. The Morgan fingerprint density at radius 2 is 1.46 bits per heavy atom. The number of hydrogen-bond donors (Lipinski definition) is 2. The zero-order valence-corrected chi connectivity index (χ0v) is 20.2. The van der Waals surface area contributed by atoms with Crippen molar-refractivity contribution in [1.29, 1.82) is 5.26 Å². The summed E-state index contributed by atoms with van der Waals surface area (Å²) in [6.07, 6.45) is 0.444. The van der Waals surface area contributed by atoms with Gasteiger partial charge in [0.1, 0.15) is 12.4 Å². The zero-order valence-electron chi connectivity index (χ0n) is 19.3. The minimum Gasteiger partial charge on any atom is -0.491 e. The molecule has 1 atom stereocenters. The molecule has 0 aromatic heterocycles. The highest BCUT2D eigenvalue weighted by Gasteiger charge is 2.48. The number of rotatable bonds is 8. The Labute approximate surface area is 204 Å². The van der Waals surface area contributed by atoms with Crippen molar-refractivity contribution in [1.82, 2.24) is 0 Å². The number of amides is 1. The first-order chi connectivity index (χ1) is 16.5. The summed E-state index contributed by atoms with van der Waals surface area (Å²) in [6, 6.07) is 23.3. The summed E-state index contributed by atoms with van der Waals surface area (Å²) in [5.74, 6) is -1.35. The molecule has 3 aromatic rings. The van der Waals surface area contributed by atoms with Gasteiger partial charge >= 0.3 is 5.97 Å². The van der Waals surface area contributed by atoms with Crippen LogP contribution in [0.4, 0.5) is 0 Å². The van der Waals surface area contributed by atoms with E-state index in [-0.39, 0.29) is 10.8 Å². The van der Waals surface area contributed by atoms with Crippen LogP contribution >= 0.6 is 0 Å². The highest BCUT2D eigenvalue weighted by Crippen LogP contribution is 2.29. The van der Waals surface area contributed by atoms with Crippen molar-refractivity contribution in [3.8, 4) is 22.9 Å². The SMILES string of the molecule is CC(COc1ccccc1)(C(=O)O)S(=O)(=O)c1ccc(-c2ccc(C#N)cc2)cc1.CCC(N)=O. The maximum absolute atomic E-state index is 13.2. The summed E-state index contributed by atoms with van der Waals surface area (Å²) in [5, 5.41) is 18.6. The van der Waals surface area contributed by atoms with E-state index in [1.807, 2.05) is 6.07 Å². The number of nitrogens with zero attached hydrogens (tertiary/aromatic N) is 1. The lowest BCUT2D eigenvalue weighted by Gasteiger charge is -2.25. The maximum Gasteiger partial charge on any atom is 0.328 e. The van der Waals surface area contributed by atoms with Crippen molar-refractivity contribution in [3.05, 3.63) is 84.4 Å². The van der Waals surface area contributed by atoms with Gasteiger partial charge in [-0.25, -0.2) is 8.42 Å². The number of primary amides is 1. The van der Waals surface area contributed by atoms with E-state index >= 15 is 0 Å². The Balaban J connectivity index is 0.000000784. The molecule has 0 fully saturated rings. The number of carboxylic acids is 1. The number of hydrogen-bond acceptors (Lipinski definition) is 6. The van der Waals surface area contributed by atoms with Gasteiger partial charge in [-0.3, -0.25) is 9.59 Å². The van der Waals surface area contributed by atoms with Gasteiger partial charge in [-0.1, -0.05) is 49.4 Å². The van der Waals surface area contributed by atoms with Crippen LogP contribution in [-0.2, 0) is 19.4 Å². The van der Waals surface area contributed by atoms with Crippen LogP contribution < -0.4 is 10.5 Å². The van der Waals surface area contributed by atoms with E-state index in [1.54, 1.807) is 73.7 Å². The average molecular weight is 495 g/mol. The molecule has 0 bridgehead atoms. The molecule has 0 saturated heterocycles. The molecule has 0 aliphatic carbocycles. The van der Waals surface area contributed by atoms with Gasteiger partial charge in [-0.15, -0.1) is 0 Å². The Kier molecular flexibility index (Phi) is 9.14. The predicted octanol–water partition coefficient (Wildman–Crippen LogP) is 3.80. The van der Waals surface area contributed by atoms with Crippen molar-refractivity contribution in [3.63, 3.8) is 0 Å². The van der Waals surface area contributed by atoms with Crippen LogP contribution in [0.1, 0.15) is 25.8 Å². The fraction of sp³-hybridized carbons (Fsp3) is 0.192. The van der Waals surface area contributed by atoms with Gasteiger partial charge in [0.25, 0.3) is 0 Å². The minimum atomic E-state index is -4.25. The summed E-state index contributed by atoms with van der Waals surface area (Å²) in [5.41, 5.74) is 6.73. The number of aliphatic carboxylic acids is 1. The Hall–Kier alpha value is -4.16. The van der Waals surface area contributed by atoms with E-state index in [0.717, 1.165) is 18.1 Å². The van der Waals surface area contributed by atoms with Crippen molar-refractivity contribution in [2.75, 3.05) is 6.61 Å². The summed E-state index contributed by atoms with van der Waals surface area (Å²) in [7, 11) is -4.25. The standard InChI is InChI=1S/C23H19NO5S.C3H7NO/c1-23(22(25)26,16-29-20-5-3-2-4-6-20)30(27,28)21-13-11-19(12-14-21)18-9-7-17(15-24)8-10-18;1-2-3(4)5/h2-14H,16H2,1H3,(H,25,26);2H2,1H3,(H2,4,5). The molecule has 0 radical (unpaired) electrons. The lowest BCUT2D eigenvalue weighted by molar-refractivity contribution is -0.140. The van der Waals surface area contributed by atoms with Gasteiger partial charge in [0.2, 0.25) is 10.7 Å². The number of para-hydroxylation sites is 1. The van der Waals surface area contributed by atoms with Crippen LogP contribution in [0.25, 0.3) is 11.1 Å². The van der Waals surface area contributed by atoms with Crippen LogP contribution in [0.3, 0.4) is 0 Å². The molecule has 3 aromatic carbocycles. The number of carboxylic acid groups (broad SMARTS) is 1. The molecule has 3 N–H and O–H groups in total. The Morgan fingerprint density at radius 3 is 1.89 bits per heavy atom. The molecule has 0 aliphatic heterocycles. The number of carbonyl (C=O) groups is 2. The molecule has 0 spiro atoms. The van der Waals surface area contributed by atoms with E-state index in [4.69, 9.17) is 10.00 Å². The normalized spacial score (nSPS) is 12.3. The van der Waals surface area contributed by atoms with Gasteiger partial charge in [-0.2, -0.15) is 5.26 Å². The molecule has 1 unspecified atom stereocenters. The van der Waals surface area contributed by atoms with Gasteiger partial charge in [0.05, 0.1) is 16.5 Å². The van der Waals surface area contributed by atoms with Crippen molar-refractivity contribution in [2.45, 2.75) is 29.9 Å². The van der Waals surface area contributed by atoms with Crippen molar-refractivity contribution in [2.24, 2.45) is 5.73 Å². The van der Waals surface area contributed by atoms with E-state index < -0.39 is 27.2 Å². The first kappa shape index (κ1) is 27.1. The predicted molar refractivity (Wildman–Crippen MR) is 131 cm³/mol. The molecule has 9 heteroatoms. The zero-order chi connectivity index (χ0) is 26.1. The topological polar surface area (TPSA) is 148 Å². The molecule has 0 heterocycles. The van der Waals surface area contributed by atoms with Gasteiger partial charge in [0, 0.05) is 6.42 Å². The number of carbonyl (C=O) groups excluding carboxylic acids is 1. The van der Waals surface area contributed by atoms with E-state index in [0.29, 0.717) is 17.7 Å². The average Bonchev–Trinajstić information content (AvgIpc) is 2.88. The fourth-order valence-electron chi connectivity index (χ4n) is 2.82. The van der Waals surface area contributed by atoms with Crippen LogP contribution in [0.15, 0.2) is 83.8 Å². The second-order valence-corrected chi connectivity index (χ2v) is 10.1. The molecule has 0 saturated carbocycles. The lowest BCUT2D eigenvalue weighted by Crippen LogP contribution is -2.48. The third kappa shape index (κ3) is 6.68. The van der Waals surface area contributed by atoms with Crippen LogP contribution in [0.2, 0.25) is 0 Å². The summed E-state index contributed by atoms with van der Waals surface area (Å²) >= 11 is 0. The first-order valence-corrected chi connectivity index (χ1v) is 12.1. The molecular weight excluding hydrogens is 468 g/mol. The number of benzene rings is 3. The Bertz CT molecular complexity index is 1300. The molecule has 8 nitrogen and oxygen atoms in total. The number of nitriles is 1. The molecular formula is C26H26N2O6S. The van der Waals surface area contributed by atoms with Crippen molar-refractivity contribution >= 4 is 21.7 Å². The summed E-state index contributed by atoms with van der Waals surface area (Å²) in [4.78, 5) is 21.4. The highest BCUT2D eigenvalue weighted by molar-refractivity contribution is 7.93. The van der Waals surface area contributed by atoms with Crippen LogP contribution in [0, 0.1) is 11.3 Å². The Morgan fingerprint density at radius 1 is 0.971 bits per heavy atom. The summed E-state index contributed by atoms with van der Waals surface area (Å²) in [6.45, 7) is 2.33. The number of nitrogens with two attached hydrogens (primary N) is 1. The van der Waals surface area contributed by atoms with Gasteiger partial charge in [-0.05, 0) is 54.4 Å². The lowest BCUT2D eigenvalue weighted by atomic mass is 10.0. The van der Waals surface area contributed by atoms with Gasteiger partial charge in [0.15, 0.2) is 9.84 Å². The summed E-state index contributed by atoms with van der Waals surface area (Å²) < 4.78 is 29.6. The van der Waals surface area contributed by atoms with Gasteiger partial charge < -0.3 is 15.6 Å². The minimum absolute atomic E-state index is 0.110. The highest BCUT2D eigenvalue weighted by atomic mass is 32.2. The van der Waals surface area contributed by atoms with Crippen LogP contribution in [0.5, 0.6) is 5.75 Å². The molecule has 182 valence electrons. The van der Waals surface area contributed by atoms with Crippen molar-refractivity contribution < 1.29 is 27.9 Å². The largest absolute Gasteiger partial charge is 0.491 e. The first-order valence-electron chi connectivity index (χ1n) is 10.6. The fourth-order valence-corrected chi connectivity index (χ4v) is 4.27. The smallest absolute Gasteiger partial charge is 0.328 e. The number of ether oxygens (including phenoxy) is 1. The molecule has 1 amide bonds. The molecule has 35 heavy (non-hydrogen) atoms. The second-order valence-electron chi connectivity index (χ2n) is 7.67. The molecule has 0 aliphatic rings. The maximum atomic E-state index is 13.2. The van der Waals surface area contributed by atoms with E-state index in [2.05, 4.69) is 5.73 Å². The third-order valence-corrected chi connectivity index (χ3v) is 7.53. The van der Waals surface area contributed by atoms with E-state index in [9.17, 15) is 23.1 Å². The monoisotopic (exact) mass is 494 g/mol. The van der Waals surface area contributed by atoms with E-state index in [1.165, 1.54) is 12.1 Å². The number of sulfone groups is 1. The van der Waals surface area contributed by atoms with Crippen LogP contribution in [-0.4, -0.2) is 36.8 Å². The second kappa shape index (κ2) is 11.8.